The molecule has 1 unspecified atom stereocenters. The predicted octanol–water partition coefficient (Wildman–Crippen LogP) is 1.73. The van der Waals surface area contributed by atoms with Crippen LogP contribution in [0.2, 0.25) is 0 Å². The first-order valence-electron chi connectivity index (χ1n) is 5.86. The second-order valence-corrected chi connectivity index (χ2v) is 5.13. The Labute approximate surface area is 117 Å². The fourth-order valence-electron chi connectivity index (χ4n) is 1.89. The molecule has 8 heteroatoms. The molecule has 0 aliphatic rings. The first-order chi connectivity index (χ1) is 9.66. The van der Waals surface area contributed by atoms with Gasteiger partial charge in [0.05, 0.1) is 0 Å². The molecule has 0 aliphatic heterocycles. The quantitative estimate of drug-likeness (QED) is 0.760. The van der Waals surface area contributed by atoms with Crippen molar-refractivity contribution in [1.82, 2.24) is 19.6 Å². The highest BCUT2D eigenvalue weighted by Crippen LogP contribution is 2.24. The van der Waals surface area contributed by atoms with Gasteiger partial charge in [-0.15, -0.1) is 21.5 Å². The van der Waals surface area contributed by atoms with Crippen LogP contribution < -0.4 is 5.32 Å². The second-order valence-electron chi connectivity index (χ2n) is 4.15. The van der Waals surface area contributed by atoms with Gasteiger partial charge in [-0.2, -0.15) is 0 Å². The number of carboxylic acid groups (broad SMARTS) is 1. The van der Waals surface area contributed by atoms with Crippen LogP contribution in [0.25, 0.3) is 5.65 Å². The molecule has 7 nitrogen and oxygen atoms in total. The summed E-state index contributed by atoms with van der Waals surface area (Å²) in [4.78, 5) is 16.3. The molecule has 0 spiro atoms. The molecule has 0 saturated carbocycles. The van der Waals surface area contributed by atoms with Crippen molar-refractivity contribution in [3.05, 3.63) is 40.6 Å². The van der Waals surface area contributed by atoms with E-state index in [1.807, 2.05) is 18.4 Å². The van der Waals surface area contributed by atoms with Crippen molar-refractivity contribution >= 4 is 28.8 Å². The minimum Gasteiger partial charge on any atom is -0.479 e. The highest BCUT2D eigenvalue weighted by molar-refractivity contribution is 7.10. The number of nitrogens with zero attached hydrogens (tertiary/aromatic N) is 4. The van der Waals surface area contributed by atoms with E-state index in [9.17, 15) is 9.90 Å². The lowest BCUT2D eigenvalue weighted by Gasteiger charge is -2.13. The zero-order chi connectivity index (χ0) is 14.1. The summed E-state index contributed by atoms with van der Waals surface area (Å²) in [7, 11) is 0. The van der Waals surface area contributed by atoms with Crippen LogP contribution in [0, 0.1) is 6.92 Å². The van der Waals surface area contributed by atoms with Crippen LogP contribution in [-0.4, -0.2) is 30.7 Å². The van der Waals surface area contributed by atoms with Crippen LogP contribution in [0.1, 0.15) is 16.7 Å². The molecular formula is C12H11N5O2S. The number of carbonyl (C=O) groups is 1. The largest absolute Gasteiger partial charge is 0.479 e. The lowest BCUT2D eigenvalue weighted by Crippen LogP contribution is -2.20. The number of aromatic nitrogens is 4. The number of rotatable bonds is 4. The molecule has 0 fully saturated rings. The summed E-state index contributed by atoms with van der Waals surface area (Å²) >= 11 is 1.38. The Hall–Kier alpha value is -2.48. The molecule has 0 radical (unpaired) electrons. The summed E-state index contributed by atoms with van der Waals surface area (Å²) in [5, 5.41) is 22.1. The molecule has 0 aliphatic carbocycles. The van der Waals surface area contributed by atoms with Crippen molar-refractivity contribution in [2.24, 2.45) is 0 Å². The fraction of sp³-hybridized carbons (Fsp3) is 0.167. The Balaban J connectivity index is 2.01. The van der Waals surface area contributed by atoms with Gasteiger partial charge in [0.2, 0.25) is 5.65 Å². The molecule has 102 valence electrons. The number of aryl methyl sites for hydroxylation is 1. The third kappa shape index (κ3) is 2.10. The van der Waals surface area contributed by atoms with E-state index in [4.69, 9.17) is 0 Å². The van der Waals surface area contributed by atoms with Gasteiger partial charge in [0, 0.05) is 17.3 Å². The van der Waals surface area contributed by atoms with Crippen molar-refractivity contribution in [1.29, 1.82) is 0 Å². The summed E-state index contributed by atoms with van der Waals surface area (Å²) in [5.74, 6) is 0.148. The van der Waals surface area contributed by atoms with Crippen molar-refractivity contribution in [2.45, 2.75) is 13.0 Å². The third-order valence-corrected chi connectivity index (χ3v) is 3.79. The highest BCUT2D eigenvalue weighted by Gasteiger charge is 2.22. The van der Waals surface area contributed by atoms with E-state index in [0.717, 1.165) is 0 Å². The van der Waals surface area contributed by atoms with Gasteiger partial charge in [0.15, 0.2) is 11.9 Å². The van der Waals surface area contributed by atoms with Gasteiger partial charge in [-0.25, -0.2) is 9.78 Å². The average Bonchev–Trinajstić information content (AvgIpc) is 3.06. The molecule has 2 N–H and O–H groups in total. The number of fused-ring (bicyclic) bond motifs is 1. The van der Waals surface area contributed by atoms with Crippen LogP contribution in [0.4, 0.5) is 5.82 Å². The highest BCUT2D eigenvalue weighted by atomic mass is 32.1. The normalized spacial score (nSPS) is 12.4. The van der Waals surface area contributed by atoms with E-state index in [2.05, 4.69) is 20.5 Å². The van der Waals surface area contributed by atoms with Crippen LogP contribution in [-0.2, 0) is 4.79 Å². The monoisotopic (exact) mass is 289 g/mol. The van der Waals surface area contributed by atoms with E-state index in [-0.39, 0.29) is 0 Å². The summed E-state index contributed by atoms with van der Waals surface area (Å²) in [6, 6.07) is 2.73. The minimum atomic E-state index is -0.965. The molecule has 0 saturated heterocycles. The van der Waals surface area contributed by atoms with Crippen LogP contribution >= 0.6 is 11.3 Å². The number of hydrogen-bond donors (Lipinski definition) is 2. The summed E-state index contributed by atoms with van der Waals surface area (Å²) in [6.45, 7) is 1.82. The van der Waals surface area contributed by atoms with Crippen LogP contribution in [0.15, 0.2) is 29.9 Å². The third-order valence-electron chi connectivity index (χ3n) is 2.85. The van der Waals surface area contributed by atoms with Crippen molar-refractivity contribution in [2.75, 3.05) is 5.32 Å². The summed E-state index contributed by atoms with van der Waals surface area (Å²) in [5.41, 5.74) is 0.507. The average molecular weight is 289 g/mol. The van der Waals surface area contributed by atoms with Crippen molar-refractivity contribution in [3.63, 3.8) is 0 Å². The fourth-order valence-corrected chi connectivity index (χ4v) is 2.66. The van der Waals surface area contributed by atoms with Crippen molar-refractivity contribution in [3.8, 4) is 0 Å². The Morgan fingerprint density at radius 3 is 3.05 bits per heavy atom. The number of anilines is 1. The minimum absolute atomic E-state index is 0.397. The molecule has 3 aromatic heterocycles. The standard InChI is InChI=1S/C12H11N5O2S/c1-7-15-16-11-10(13-4-5-17(7)11)14-9(12(18)19)8-3-2-6-20-8/h2-6,9H,1H3,(H,13,14)(H,18,19). The second kappa shape index (κ2) is 4.89. The first kappa shape index (κ1) is 12.5. The first-order valence-corrected chi connectivity index (χ1v) is 6.74. The zero-order valence-corrected chi connectivity index (χ0v) is 11.3. The number of thiophene rings is 1. The molecule has 3 rings (SSSR count). The predicted molar refractivity (Wildman–Crippen MR) is 73.8 cm³/mol. The Bertz CT molecular complexity index is 752. The van der Waals surface area contributed by atoms with Crippen LogP contribution in [0.5, 0.6) is 0 Å². The molecule has 0 amide bonds. The van der Waals surface area contributed by atoms with Gasteiger partial charge in [0.25, 0.3) is 0 Å². The maximum Gasteiger partial charge on any atom is 0.331 e. The SMILES string of the molecule is Cc1nnc2c(NC(C(=O)O)c3cccs3)nccn12. The van der Waals surface area contributed by atoms with E-state index in [1.165, 1.54) is 11.3 Å². The number of aliphatic carboxylic acids is 1. The number of carboxylic acids is 1. The Kier molecular flexibility index (Phi) is 3.07. The van der Waals surface area contributed by atoms with E-state index >= 15 is 0 Å². The van der Waals surface area contributed by atoms with Gasteiger partial charge >= 0.3 is 5.97 Å². The van der Waals surface area contributed by atoms with Crippen molar-refractivity contribution < 1.29 is 9.90 Å². The van der Waals surface area contributed by atoms with E-state index < -0.39 is 12.0 Å². The molecule has 3 aromatic rings. The maximum atomic E-state index is 11.4. The molecule has 0 aromatic carbocycles. The number of hydrogen-bond acceptors (Lipinski definition) is 6. The smallest absolute Gasteiger partial charge is 0.331 e. The summed E-state index contributed by atoms with van der Waals surface area (Å²) in [6.07, 6.45) is 3.32. The Morgan fingerprint density at radius 2 is 2.35 bits per heavy atom. The van der Waals surface area contributed by atoms with Crippen LogP contribution in [0.3, 0.4) is 0 Å². The molecule has 1 atom stereocenters. The Morgan fingerprint density at radius 1 is 1.50 bits per heavy atom. The van der Waals surface area contributed by atoms with Gasteiger partial charge < -0.3 is 10.4 Å². The molecular weight excluding hydrogens is 278 g/mol. The topological polar surface area (TPSA) is 92.4 Å². The lowest BCUT2D eigenvalue weighted by atomic mass is 10.2. The summed E-state index contributed by atoms with van der Waals surface area (Å²) < 4.78 is 1.75. The molecule has 3 heterocycles. The molecule has 0 bridgehead atoms. The molecule has 20 heavy (non-hydrogen) atoms. The van der Waals surface area contributed by atoms with Gasteiger partial charge in [-0.1, -0.05) is 6.07 Å². The number of nitrogens with one attached hydrogen (secondary N) is 1. The van der Waals surface area contributed by atoms with E-state index in [0.29, 0.717) is 22.2 Å². The van der Waals surface area contributed by atoms with E-state index in [1.54, 1.807) is 22.9 Å². The maximum absolute atomic E-state index is 11.4. The van der Waals surface area contributed by atoms with Gasteiger partial charge in [0.1, 0.15) is 5.82 Å². The van der Waals surface area contributed by atoms with Gasteiger partial charge in [-0.3, -0.25) is 4.40 Å². The zero-order valence-electron chi connectivity index (χ0n) is 10.5. The lowest BCUT2D eigenvalue weighted by molar-refractivity contribution is -0.138. The van der Waals surface area contributed by atoms with Gasteiger partial charge in [-0.05, 0) is 18.4 Å².